The summed E-state index contributed by atoms with van der Waals surface area (Å²) in [5.41, 5.74) is 4.10. The van der Waals surface area contributed by atoms with Crippen molar-refractivity contribution in [1.82, 2.24) is 14.6 Å². The van der Waals surface area contributed by atoms with Crippen LogP contribution in [0.4, 0.5) is 0 Å². The maximum absolute atomic E-state index is 12.4. The molecule has 0 radical (unpaired) electrons. The lowest BCUT2D eigenvalue weighted by Gasteiger charge is -2.17. The average molecular weight is 396 g/mol. The van der Waals surface area contributed by atoms with Crippen molar-refractivity contribution in [2.45, 2.75) is 24.4 Å². The molecule has 2 aromatic carbocycles. The van der Waals surface area contributed by atoms with Gasteiger partial charge in [0.15, 0.2) is 0 Å². The minimum absolute atomic E-state index is 0.0100. The first kappa shape index (κ1) is 20.2. The van der Waals surface area contributed by atoms with Crippen molar-refractivity contribution < 1.29 is 8.42 Å². The van der Waals surface area contributed by atoms with Gasteiger partial charge in [-0.25, -0.2) is 12.7 Å². The molecule has 0 amide bonds. The molecule has 0 saturated heterocycles. The molecule has 1 aromatic heterocycles. The van der Waals surface area contributed by atoms with E-state index in [0.717, 1.165) is 22.4 Å². The van der Waals surface area contributed by atoms with Crippen LogP contribution in [0.5, 0.6) is 0 Å². The second-order valence-electron chi connectivity index (χ2n) is 6.88. The van der Waals surface area contributed by atoms with E-state index in [0.29, 0.717) is 11.4 Å². The van der Waals surface area contributed by atoms with E-state index in [1.54, 1.807) is 24.4 Å². The van der Waals surface area contributed by atoms with Crippen molar-refractivity contribution >= 4 is 10.0 Å². The molecule has 0 unspecified atom stereocenters. The van der Waals surface area contributed by atoms with Gasteiger partial charge >= 0.3 is 0 Å². The summed E-state index contributed by atoms with van der Waals surface area (Å²) >= 11 is 0. The summed E-state index contributed by atoms with van der Waals surface area (Å²) in [6, 6.07) is 21.2. The summed E-state index contributed by atoms with van der Waals surface area (Å²) < 4.78 is 25.9. The minimum Gasteiger partial charge on any atom is -0.306 e. The molecule has 0 fully saturated rings. The zero-order valence-electron chi connectivity index (χ0n) is 16.3. The Labute approximate surface area is 167 Å². The summed E-state index contributed by atoms with van der Waals surface area (Å²) in [5.74, 6) is 0. The van der Waals surface area contributed by atoms with E-state index in [1.165, 1.54) is 18.4 Å². The van der Waals surface area contributed by atoms with E-state index < -0.39 is 10.0 Å². The van der Waals surface area contributed by atoms with Gasteiger partial charge in [0.2, 0.25) is 10.0 Å². The lowest BCUT2D eigenvalue weighted by atomic mass is 10.1. The quantitative estimate of drug-likeness (QED) is 0.660. The van der Waals surface area contributed by atoms with Crippen molar-refractivity contribution in [2.75, 3.05) is 14.1 Å². The summed E-state index contributed by atoms with van der Waals surface area (Å²) in [6.45, 7) is 2.70. The van der Waals surface area contributed by atoms with E-state index in [1.807, 2.05) is 43.3 Å². The van der Waals surface area contributed by atoms with Gasteiger partial charge in [-0.3, -0.25) is 4.98 Å². The van der Waals surface area contributed by atoms with Crippen LogP contribution in [0.3, 0.4) is 0 Å². The second-order valence-corrected chi connectivity index (χ2v) is 9.03. The van der Waals surface area contributed by atoms with E-state index in [-0.39, 0.29) is 6.04 Å². The van der Waals surface area contributed by atoms with Crippen LogP contribution in [0, 0.1) is 0 Å². The first-order valence-electron chi connectivity index (χ1n) is 9.14. The Morgan fingerprint density at radius 1 is 1.00 bits per heavy atom. The van der Waals surface area contributed by atoms with Gasteiger partial charge in [0.05, 0.1) is 10.6 Å². The number of aromatic nitrogens is 1. The second kappa shape index (κ2) is 8.65. The summed E-state index contributed by atoms with van der Waals surface area (Å²) in [4.78, 5) is 4.70. The van der Waals surface area contributed by atoms with Gasteiger partial charge in [-0.15, -0.1) is 0 Å². The number of rotatable bonds is 7. The third-order valence-electron chi connectivity index (χ3n) is 4.64. The number of hydrogen-bond donors (Lipinski definition) is 1. The predicted octanol–water partition coefficient (Wildman–Crippen LogP) is 3.85. The van der Waals surface area contributed by atoms with Crippen LogP contribution in [0.2, 0.25) is 0 Å². The molecule has 1 atom stereocenters. The maximum Gasteiger partial charge on any atom is 0.242 e. The molecule has 146 valence electrons. The van der Waals surface area contributed by atoms with Crippen LogP contribution in [0.1, 0.15) is 24.1 Å². The molecule has 28 heavy (non-hydrogen) atoms. The van der Waals surface area contributed by atoms with Crippen LogP contribution in [0.15, 0.2) is 77.8 Å². The highest BCUT2D eigenvalue weighted by Gasteiger charge is 2.18. The lowest BCUT2D eigenvalue weighted by molar-refractivity contribution is 0.520. The molecule has 0 aliphatic heterocycles. The summed E-state index contributed by atoms with van der Waals surface area (Å²) in [5, 5.41) is 3.47. The lowest BCUT2D eigenvalue weighted by Crippen LogP contribution is -2.23. The largest absolute Gasteiger partial charge is 0.306 e. The number of hydrogen-bond acceptors (Lipinski definition) is 4. The fourth-order valence-corrected chi connectivity index (χ4v) is 3.88. The predicted molar refractivity (Wildman–Crippen MR) is 112 cm³/mol. The number of nitrogens with one attached hydrogen (secondary N) is 1. The molecule has 0 spiro atoms. The molecular formula is C22H25N3O2S. The first-order chi connectivity index (χ1) is 13.4. The molecule has 0 aliphatic rings. The monoisotopic (exact) mass is 395 g/mol. The Kier molecular flexibility index (Phi) is 6.24. The third kappa shape index (κ3) is 4.65. The molecule has 5 nitrogen and oxygen atoms in total. The van der Waals surface area contributed by atoms with Gasteiger partial charge in [-0.05, 0) is 48.4 Å². The fraction of sp³-hybridized carbons (Fsp3) is 0.227. The Hall–Kier alpha value is -2.54. The molecular weight excluding hydrogens is 370 g/mol. The molecule has 0 saturated carbocycles. The molecule has 3 aromatic rings. The number of benzene rings is 2. The van der Waals surface area contributed by atoms with Crippen molar-refractivity contribution in [1.29, 1.82) is 0 Å². The zero-order valence-corrected chi connectivity index (χ0v) is 17.1. The highest BCUT2D eigenvalue weighted by molar-refractivity contribution is 7.89. The van der Waals surface area contributed by atoms with E-state index in [9.17, 15) is 8.42 Å². The van der Waals surface area contributed by atoms with E-state index >= 15 is 0 Å². The highest BCUT2D eigenvalue weighted by atomic mass is 32.2. The Morgan fingerprint density at radius 2 is 1.79 bits per heavy atom. The van der Waals surface area contributed by atoms with Gasteiger partial charge < -0.3 is 5.32 Å². The Bertz CT molecular complexity index is 1030. The van der Waals surface area contributed by atoms with Gasteiger partial charge in [0.25, 0.3) is 0 Å². The van der Waals surface area contributed by atoms with Crippen molar-refractivity contribution in [3.8, 4) is 11.3 Å². The highest BCUT2D eigenvalue weighted by Crippen LogP contribution is 2.21. The normalized spacial score (nSPS) is 12.9. The van der Waals surface area contributed by atoms with Crippen LogP contribution >= 0.6 is 0 Å². The van der Waals surface area contributed by atoms with Crippen LogP contribution in [0.25, 0.3) is 11.3 Å². The van der Waals surface area contributed by atoms with Crippen molar-refractivity contribution in [3.63, 3.8) is 0 Å². The Morgan fingerprint density at radius 3 is 2.50 bits per heavy atom. The first-order valence-corrected chi connectivity index (χ1v) is 10.6. The molecule has 1 heterocycles. The van der Waals surface area contributed by atoms with Gasteiger partial charge in [-0.2, -0.15) is 0 Å². The SMILES string of the molecule is C[C@@H](NCc1cccc(-c2ccccn2)c1)c1cccc(S(=O)(=O)N(C)C)c1. The maximum atomic E-state index is 12.4. The van der Waals surface area contributed by atoms with Crippen molar-refractivity contribution in [2.24, 2.45) is 0 Å². The van der Waals surface area contributed by atoms with Gasteiger partial charge in [0.1, 0.15) is 0 Å². The molecule has 1 N–H and O–H groups in total. The van der Waals surface area contributed by atoms with Gasteiger partial charge in [-0.1, -0.05) is 36.4 Å². The fourth-order valence-electron chi connectivity index (χ4n) is 2.92. The molecule has 6 heteroatoms. The van der Waals surface area contributed by atoms with Crippen molar-refractivity contribution in [3.05, 3.63) is 84.1 Å². The zero-order chi connectivity index (χ0) is 20.1. The molecule has 0 aliphatic carbocycles. The number of pyridine rings is 1. The standard InChI is InChI=1S/C22H25N3O2S/c1-17(19-9-7-11-21(15-19)28(26,27)25(2)3)24-16-18-8-6-10-20(14-18)22-12-4-5-13-23-22/h4-15,17,24H,16H2,1-3H3/t17-/m1/s1. The minimum atomic E-state index is -3.44. The van der Waals surface area contributed by atoms with E-state index in [2.05, 4.69) is 22.4 Å². The van der Waals surface area contributed by atoms with Gasteiger partial charge in [0, 0.05) is 38.4 Å². The molecule has 3 rings (SSSR count). The average Bonchev–Trinajstić information content (AvgIpc) is 2.73. The smallest absolute Gasteiger partial charge is 0.242 e. The van der Waals surface area contributed by atoms with Crippen LogP contribution < -0.4 is 5.32 Å². The topological polar surface area (TPSA) is 62.3 Å². The number of sulfonamides is 1. The van der Waals surface area contributed by atoms with E-state index in [4.69, 9.17) is 0 Å². The number of nitrogens with zero attached hydrogens (tertiary/aromatic N) is 2. The third-order valence-corrected chi connectivity index (χ3v) is 6.45. The molecule has 0 bridgehead atoms. The summed E-state index contributed by atoms with van der Waals surface area (Å²) in [6.07, 6.45) is 1.79. The van der Waals surface area contributed by atoms with Crippen LogP contribution in [-0.2, 0) is 16.6 Å². The Balaban J connectivity index is 1.72. The summed E-state index contributed by atoms with van der Waals surface area (Å²) in [7, 11) is -0.358. The van der Waals surface area contributed by atoms with Crippen LogP contribution in [-0.4, -0.2) is 31.8 Å².